The van der Waals surface area contributed by atoms with Gasteiger partial charge >= 0.3 is 5.97 Å². The van der Waals surface area contributed by atoms with Crippen LogP contribution in [0.15, 0.2) is 17.1 Å². The number of unbranched alkanes of at least 4 members (excludes halogenated alkanes) is 3. The smallest absolute Gasteiger partial charge is 0.341 e. The van der Waals surface area contributed by atoms with E-state index >= 15 is 0 Å². The zero-order chi connectivity index (χ0) is 18.8. The van der Waals surface area contributed by atoms with E-state index in [2.05, 4.69) is 11.9 Å². The van der Waals surface area contributed by atoms with E-state index < -0.39 is 17.2 Å². The Morgan fingerprint density at radius 1 is 1.38 bits per heavy atom. The highest BCUT2D eigenvalue weighted by Crippen LogP contribution is 2.40. The second-order valence-electron chi connectivity index (χ2n) is 7.27. The minimum Gasteiger partial charge on any atom is -0.477 e. The summed E-state index contributed by atoms with van der Waals surface area (Å²) in [6, 6.07) is 1.24. The summed E-state index contributed by atoms with van der Waals surface area (Å²) in [6.07, 6.45) is 8.11. The first kappa shape index (κ1) is 18.5. The minimum atomic E-state index is -1.24. The summed E-state index contributed by atoms with van der Waals surface area (Å²) in [7, 11) is 0. The lowest BCUT2D eigenvalue weighted by Crippen LogP contribution is -2.26. The summed E-state index contributed by atoms with van der Waals surface area (Å²) in [5, 5.41) is 9.79. The summed E-state index contributed by atoms with van der Waals surface area (Å²) < 4.78 is 15.5. The molecule has 3 rings (SSSR count). The molecule has 1 aliphatic rings. The van der Waals surface area contributed by atoms with Gasteiger partial charge in [0.2, 0.25) is 5.43 Å². The highest BCUT2D eigenvalue weighted by Gasteiger charge is 2.33. The molecule has 0 amide bonds. The molecule has 0 bridgehead atoms. The van der Waals surface area contributed by atoms with Crippen LogP contribution in [0, 0.1) is 5.82 Å². The van der Waals surface area contributed by atoms with Gasteiger partial charge in [0.25, 0.3) is 0 Å². The average Bonchev–Trinajstić information content (AvgIpc) is 3.43. The summed E-state index contributed by atoms with van der Waals surface area (Å²) in [6.45, 7) is 4.12. The number of aromatic carboxylic acids is 1. The van der Waals surface area contributed by atoms with E-state index in [-0.39, 0.29) is 22.9 Å². The molecule has 2 aromatic heterocycles. The van der Waals surface area contributed by atoms with Crippen LogP contribution in [0.3, 0.4) is 0 Å². The van der Waals surface area contributed by atoms with Crippen molar-refractivity contribution in [3.63, 3.8) is 0 Å². The number of hydrogen-bond acceptors (Lipinski definition) is 3. The molecule has 1 N–H and O–H groups in total. The molecule has 26 heavy (non-hydrogen) atoms. The predicted octanol–water partition coefficient (Wildman–Crippen LogP) is 4.64. The van der Waals surface area contributed by atoms with Crippen molar-refractivity contribution >= 4 is 17.0 Å². The van der Waals surface area contributed by atoms with Gasteiger partial charge in [-0.25, -0.2) is 14.2 Å². The second kappa shape index (κ2) is 7.56. The van der Waals surface area contributed by atoms with Gasteiger partial charge in [0, 0.05) is 11.7 Å². The fraction of sp³-hybridized carbons (Fsp3) is 0.550. The molecule has 0 aliphatic heterocycles. The Labute approximate surface area is 151 Å². The van der Waals surface area contributed by atoms with Gasteiger partial charge < -0.3 is 9.67 Å². The van der Waals surface area contributed by atoms with Crippen LogP contribution in [0.2, 0.25) is 0 Å². The first-order chi connectivity index (χ1) is 12.5. The molecule has 1 saturated carbocycles. The van der Waals surface area contributed by atoms with Crippen LogP contribution in [-0.2, 0) is 0 Å². The van der Waals surface area contributed by atoms with Gasteiger partial charge in [-0.1, -0.05) is 39.5 Å². The highest BCUT2D eigenvalue weighted by atomic mass is 19.1. The highest BCUT2D eigenvalue weighted by molar-refractivity contribution is 5.93. The molecular weight excluding hydrogens is 335 g/mol. The number of rotatable bonds is 8. The lowest BCUT2D eigenvalue weighted by atomic mass is 9.93. The monoisotopic (exact) mass is 360 g/mol. The normalized spacial score (nSPS) is 15.3. The molecule has 0 aromatic carbocycles. The van der Waals surface area contributed by atoms with Crippen LogP contribution in [-0.4, -0.2) is 20.6 Å². The Morgan fingerprint density at radius 2 is 2.12 bits per heavy atom. The van der Waals surface area contributed by atoms with Crippen LogP contribution in [0.25, 0.3) is 11.0 Å². The Bertz CT molecular complexity index is 887. The molecule has 1 unspecified atom stereocenters. The number of carbonyl (C=O) groups is 1. The van der Waals surface area contributed by atoms with Crippen molar-refractivity contribution in [2.45, 2.75) is 70.8 Å². The molecule has 6 heteroatoms. The van der Waals surface area contributed by atoms with Crippen molar-refractivity contribution in [3.05, 3.63) is 39.6 Å². The van der Waals surface area contributed by atoms with E-state index in [1.54, 1.807) is 0 Å². The van der Waals surface area contributed by atoms with Gasteiger partial charge in [0.15, 0.2) is 0 Å². The number of fused-ring (bicyclic) bond motifs is 1. The Hall–Kier alpha value is -2.24. The van der Waals surface area contributed by atoms with E-state index in [1.165, 1.54) is 0 Å². The fourth-order valence-corrected chi connectivity index (χ4v) is 3.68. The third-order valence-corrected chi connectivity index (χ3v) is 5.13. The van der Waals surface area contributed by atoms with Gasteiger partial charge in [-0.15, -0.1) is 0 Å². The number of carboxylic acid groups (broad SMARTS) is 1. The molecule has 2 aromatic rings. The molecule has 0 radical (unpaired) electrons. The standard InChI is InChI=1S/C20H25FN2O3/c1-3-4-5-6-7-12(2)17-16(20(25)26)18(24)15-10-13(21)11-22-19(15)23(17)14-8-9-14/h10-12,14H,3-9H2,1-2H3,(H,25,26). The van der Waals surface area contributed by atoms with Crippen molar-refractivity contribution < 1.29 is 14.3 Å². The quantitative estimate of drug-likeness (QED) is 0.696. The van der Waals surface area contributed by atoms with Crippen LogP contribution in [0.5, 0.6) is 0 Å². The third kappa shape index (κ3) is 3.50. The van der Waals surface area contributed by atoms with Crippen LogP contribution in [0.4, 0.5) is 4.39 Å². The summed E-state index contributed by atoms with van der Waals surface area (Å²) in [5.41, 5.74) is 0.0963. The Morgan fingerprint density at radius 3 is 2.73 bits per heavy atom. The molecule has 0 saturated heterocycles. The number of hydrogen-bond donors (Lipinski definition) is 1. The van der Waals surface area contributed by atoms with E-state index in [0.29, 0.717) is 11.3 Å². The Kier molecular flexibility index (Phi) is 5.39. The van der Waals surface area contributed by atoms with Gasteiger partial charge in [0.1, 0.15) is 17.0 Å². The van der Waals surface area contributed by atoms with Crippen molar-refractivity contribution in [2.75, 3.05) is 0 Å². The van der Waals surface area contributed by atoms with Crippen LogP contribution >= 0.6 is 0 Å². The zero-order valence-corrected chi connectivity index (χ0v) is 15.3. The van der Waals surface area contributed by atoms with Crippen molar-refractivity contribution in [1.82, 2.24) is 9.55 Å². The fourth-order valence-electron chi connectivity index (χ4n) is 3.68. The maximum atomic E-state index is 13.6. The van der Waals surface area contributed by atoms with Gasteiger partial charge in [-0.05, 0) is 31.2 Å². The molecule has 2 heterocycles. The van der Waals surface area contributed by atoms with E-state index in [4.69, 9.17) is 0 Å². The van der Waals surface area contributed by atoms with Crippen LogP contribution < -0.4 is 5.43 Å². The third-order valence-electron chi connectivity index (χ3n) is 5.13. The van der Waals surface area contributed by atoms with E-state index in [1.807, 2.05) is 11.5 Å². The van der Waals surface area contributed by atoms with Crippen molar-refractivity contribution in [3.8, 4) is 0 Å². The van der Waals surface area contributed by atoms with Crippen molar-refractivity contribution in [1.29, 1.82) is 0 Å². The SMILES string of the molecule is CCCCCCC(C)c1c(C(=O)O)c(=O)c2cc(F)cnc2n1C1CC1. The van der Waals surface area contributed by atoms with E-state index in [9.17, 15) is 19.1 Å². The molecule has 5 nitrogen and oxygen atoms in total. The average molecular weight is 360 g/mol. The number of nitrogens with zero attached hydrogens (tertiary/aromatic N) is 2. The predicted molar refractivity (Wildman–Crippen MR) is 98.4 cm³/mol. The topological polar surface area (TPSA) is 72.2 Å². The summed E-state index contributed by atoms with van der Waals surface area (Å²) >= 11 is 0. The molecule has 140 valence electrons. The number of aromatic nitrogens is 2. The maximum absolute atomic E-state index is 13.6. The van der Waals surface area contributed by atoms with Crippen molar-refractivity contribution in [2.24, 2.45) is 0 Å². The second-order valence-corrected chi connectivity index (χ2v) is 7.27. The molecule has 0 spiro atoms. The largest absolute Gasteiger partial charge is 0.477 e. The molecule has 1 atom stereocenters. The van der Waals surface area contributed by atoms with Gasteiger partial charge in [-0.2, -0.15) is 0 Å². The lowest BCUT2D eigenvalue weighted by molar-refractivity contribution is 0.0692. The lowest BCUT2D eigenvalue weighted by Gasteiger charge is -2.23. The zero-order valence-electron chi connectivity index (χ0n) is 15.3. The first-order valence-corrected chi connectivity index (χ1v) is 9.42. The van der Waals surface area contributed by atoms with E-state index in [0.717, 1.165) is 57.2 Å². The van der Waals surface area contributed by atoms with Gasteiger partial charge in [0.05, 0.1) is 11.6 Å². The number of pyridine rings is 2. The van der Waals surface area contributed by atoms with Gasteiger partial charge in [-0.3, -0.25) is 4.79 Å². The number of halogens is 1. The first-order valence-electron chi connectivity index (χ1n) is 9.42. The maximum Gasteiger partial charge on any atom is 0.341 e. The molecule has 1 aliphatic carbocycles. The van der Waals surface area contributed by atoms with Crippen LogP contribution in [0.1, 0.15) is 86.8 Å². The summed E-state index contributed by atoms with van der Waals surface area (Å²) in [5.74, 6) is -1.94. The minimum absolute atomic E-state index is 0.0521. The summed E-state index contributed by atoms with van der Waals surface area (Å²) in [4.78, 5) is 28.9. The Balaban J connectivity index is 2.17. The molecular formula is C20H25FN2O3. The number of carboxylic acids is 1. The molecule has 1 fully saturated rings.